The maximum Gasteiger partial charge on any atom is 0.179 e. The third-order valence-electron chi connectivity index (χ3n) is 18.0. The topological polar surface area (TPSA) is 26.3 Å². The van der Waals surface area contributed by atoms with Crippen LogP contribution in [0.3, 0.4) is 0 Å². The van der Waals surface area contributed by atoms with Crippen LogP contribution in [0.2, 0.25) is 0 Å². The van der Waals surface area contributed by atoms with Gasteiger partial charge in [0.15, 0.2) is 11.2 Å². The number of benzene rings is 16. The molecule has 84 heavy (non-hydrogen) atoms. The molecule has 0 atom stereocenters. The molecule has 0 unspecified atom stereocenters. The predicted octanol–water partition coefficient (Wildman–Crippen LogP) is 23.6. The summed E-state index contributed by atoms with van der Waals surface area (Å²) in [4.78, 5) is 0. The molecule has 0 bridgehead atoms. The highest BCUT2D eigenvalue weighted by atomic mass is 16.4. The van der Waals surface area contributed by atoms with Crippen molar-refractivity contribution < 1.29 is 8.83 Å². The van der Waals surface area contributed by atoms with Crippen LogP contribution >= 0.6 is 0 Å². The monoisotopic (exact) mass is 1060 g/mol. The van der Waals surface area contributed by atoms with Gasteiger partial charge in [0, 0.05) is 21.5 Å². The van der Waals surface area contributed by atoms with Crippen molar-refractivity contribution in [2.45, 2.75) is 0 Å². The lowest BCUT2D eigenvalue weighted by atomic mass is 9.83. The minimum absolute atomic E-state index is 0.758. The van der Waals surface area contributed by atoms with E-state index in [0.717, 1.165) is 65.8 Å². The van der Waals surface area contributed by atoms with E-state index in [9.17, 15) is 0 Å². The fourth-order valence-electron chi connectivity index (χ4n) is 14.5. The van der Waals surface area contributed by atoms with Crippen LogP contribution in [0, 0.1) is 0 Å². The van der Waals surface area contributed by atoms with Gasteiger partial charge in [-0.2, -0.15) is 0 Å². The summed E-state index contributed by atoms with van der Waals surface area (Å²) < 4.78 is 14.5. The molecule has 2 aromatic heterocycles. The predicted molar refractivity (Wildman–Crippen MR) is 356 cm³/mol. The highest BCUT2D eigenvalue weighted by Gasteiger charge is 2.26. The Balaban J connectivity index is 0.821. The van der Waals surface area contributed by atoms with Gasteiger partial charge < -0.3 is 8.83 Å². The molecule has 0 N–H and O–H groups in total. The second-order valence-corrected chi connectivity index (χ2v) is 22.4. The standard InChI is InChI=1S/C82H48O2/c1-3-25-53-49(21-1)23-19-41-55(53)57-27-5-7-29-59(57)77-65-35-13-9-31-61(65)75(62-32-10-14-36-66(62)77)51-43-45-71-73(47-51)83-81-79(71)69-39-17-18-40-70(69)80-72-46-44-52(48-74(72)84-82(80)81)76-63-33-11-15-37-67(63)78(68-38-16-12-34-64(68)76)60-30-8-6-28-58(60)56-42-20-24-50-22-2-4-26-54(50)56/h1-48H. The molecule has 0 aliphatic rings. The minimum Gasteiger partial charge on any atom is -0.452 e. The highest BCUT2D eigenvalue weighted by Crippen LogP contribution is 2.52. The van der Waals surface area contributed by atoms with Crippen LogP contribution in [0.5, 0.6) is 0 Å². The molecule has 18 rings (SSSR count). The van der Waals surface area contributed by atoms with Crippen molar-refractivity contribution in [3.05, 3.63) is 291 Å². The molecule has 2 heteroatoms. The smallest absolute Gasteiger partial charge is 0.179 e. The molecule has 0 saturated heterocycles. The lowest BCUT2D eigenvalue weighted by Crippen LogP contribution is -1.93. The molecule has 388 valence electrons. The van der Waals surface area contributed by atoms with E-state index in [-0.39, 0.29) is 0 Å². The molecule has 0 aliphatic carbocycles. The highest BCUT2D eigenvalue weighted by molar-refractivity contribution is 6.34. The molecule has 0 amide bonds. The van der Waals surface area contributed by atoms with Gasteiger partial charge in [0.2, 0.25) is 0 Å². The Labute approximate surface area is 483 Å². The van der Waals surface area contributed by atoms with E-state index in [1.807, 2.05) is 0 Å². The zero-order valence-electron chi connectivity index (χ0n) is 45.5. The van der Waals surface area contributed by atoms with Crippen LogP contribution in [0.4, 0.5) is 0 Å². The van der Waals surface area contributed by atoms with Crippen molar-refractivity contribution in [1.82, 2.24) is 0 Å². The number of hydrogen-bond donors (Lipinski definition) is 0. The zero-order chi connectivity index (χ0) is 55.0. The second-order valence-electron chi connectivity index (χ2n) is 22.4. The Hall–Kier alpha value is -11.1. The normalized spacial score (nSPS) is 12.0. The van der Waals surface area contributed by atoms with Crippen LogP contribution in [0.25, 0.3) is 186 Å². The van der Waals surface area contributed by atoms with Gasteiger partial charge in [0.1, 0.15) is 11.2 Å². The number of rotatable bonds is 6. The van der Waals surface area contributed by atoms with Gasteiger partial charge >= 0.3 is 0 Å². The molecule has 18 aromatic rings. The van der Waals surface area contributed by atoms with Crippen LogP contribution in [0.1, 0.15) is 0 Å². The van der Waals surface area contributed by atoms with Crippen LogP contribution in [-0.2, 0) is 0 Å². The fourth-order valence-corrected chi connectivity index (χ4v) is 14.5. The molecule has 0 aliphatic heterocycles. The maximum atomic E-state index is 7.24. The summed E-state index contributed by atoms with van der Waals surface area (Å²) in [5.41, 5.74) is 17.5. The molecule has 0 fully saturated rings. The Bertz CT molecular complexity index is 5330. The lowest BCUT2D eigenvalue weighted by molar-refractivity contribution is 0.634. The lowest BCUT2D eigenvalue weighted by Gasteiger charge is -2.20. The third-order valence-corrected chi connectivity index (χ3v) is 18.0. The van der Waals surface area contributed by atoms with Gasteiger partial charge in [-0.05, 0) is 166 Å². The molecule has 0 saturated carbocycles. The van der Waals surface area contributed by atoms with E-state index in [1.54, 1.807) is 0 Å². The van der Waals surface area contributed by atoms with E-state index in [1.165, 1.54) is 120 Å². The molecule has 2 heterocycles. The van der Waals surface area contributed by atoms with Gasteiger partial charge in [0.05, 0.1) is 0 Å². The average Bonchev–Trinajstić information content (AvgIpc) is 3.85. The van der Waals surface area contributed by atoms with E-state index < -0.39 is 0 Å². The van der Waals surface area contributed by atoms with Gasteiger partial charge in [-0.3, -0.25) is 0 Å². The Kier molecular flexibility index (Phi) is 10.1. The summed E-state index contributed by atoms with van der Waals surface area (Å²) in [6.07, 6.45) is 0. The zero-order valence-corrected chi connectivity index (χ0v) is 45.5. The first-order chi connectivity index (χ1) is 41.7. The molecule has 0 radical (unpaired) electrons. The Morgan fingerprint density at radius 1 is 0.179 bits per heavy atom. The second kappa shape index (κ2) is 18.2. The first-order valence-corrected chi connectivity index (χ1v) is 29.0. The fraction of sp³-hybridized carbons (Fsp3) is 0. The van der Waals surface area contributed by atoms with Crippen molar-refractivity contribution in [2.75, 3.05) is 0 Å². The molecule has 16 aromatic carbocycles. The van der Waals surface area contributed by atoms with Crippen molar-refractivity contribution >= 4 is 119 Å². The van der Waals surface area contributed by atoms with Gasteiger partial charge in [-0.15, -0.1) is 0 Å². The molecule has 2 nitrogen and oxygen atoms in total. The largest absolute Gasteiger partial charge is 0.452 e. The number of hydrogen-bond acceptors (Lipinski definition) is 2. The third kappa shape index (κ3) is 6.80. The van der Waals surface area contributed by atoms with Crippen molar-refractivity contribution in [2.24, 2.45) is 0 Å². The van der Waals surface area contributed by atoms with Crippen LogP contribution in [-0.4, -0.2) is 0 Å². The van der Waals surface area contributed by atoms with Gasteiger partial charge in [-0.25, -0.2) is 0 Å². The molecular formula is C82H48O2. The Morgan fingerprint density at radius 2 is 0.452 bits per heavy atom. The van der Waals surface area contributed by atoms with E-state index >= 15 is 0 Å². The summed E-state index contributed by atoms with van der Waals surface area (Å²) in [5.74, 6) is 0. The van der Waals surface area contributed by atoms with Gasteiger partial charge in [-0.1, -0.05) is 267 Å². The minimum atomic E-state index is 0.758. The van der Waals surface area contributed by atoms with Crippen LogP contribution < -0.4 is 0 Å². The van der Waals surface area contributed by atoms with E-state index in [4.69, 9.17) is 8.83 Å². The summed E-state index contributed by atoms with van der Waals surface area (Å²) in [6, 6.07) is 107. The first-order valence-electron chi connectivity index (χ1n) is 29.0. The average molecular weight is 1070 g/mol. The summed E-state index contributed by atoms with van der Waals surface area (Å²) in [5, 5.41) is 21.1. The number of furan rings is 2. The number of fused-ring (bicyclic) bond motifs is 16. The van der Waals surface area contributed by atoms with E-state index in [2.05, 4.69) is 291 Å². The summed E-state index contributed by atoms with van der Waals surface area (Å²) in [6.45, 7) is 0. The quantitative estimate of drug-likeness (QED) is 0.155. The first kappa shape index (κ1) is 46.7. The summed E-state index contributed by atoms with van der Waals surface area (Å²) >= 11 is 0. The molecule has 0 spiro atoms. The van der Waals surface area contributed by atoms with Crippen molar-refractivity contribution in [3.63, 3.8) is 0 Å². The van der Waals surface area contributed by atoms with Crippen molar-refractivity contribution in [3.8, 4) is 66.8 Å². The molecular weight excluding hydrogens is 1020 g/mol. The Morgan fingerprint density at radius 3 is 0.821 bits per heavy atom. The summed E-state index contributed by atoms with van der Waals surface area (Å²) in [7, 11) is 0. The maximum absolute atomic E-state index is 7.24. The van der Waals surface area contributed by atoms with Crippen LogP contribution in [0.15, 0.2) is 300 Å². The van der Waals surface area contributed by atoms with E-state index in [0.29, 0.717) is 0 Å². The SMILES string of the molecule is c1ccc(-c2c3ccccc3c(-c3ccc4c(c3)oc3c5oc6cc(-c7c8ccccc8c(-c8ccccc8-c8cccc9ccccc89)c8ccccc78)ccc6c5c5ccccc5c43)c3ccccc23)c(-c2cccc3ccccc23)c1. The van der Waals surface area contributed by atoms with Gasteiger partial charge in [0.25, 0.3) is 0 Å². The van der Waals surface area contributed by atoms with Crippen molar-refractivity contribution in [1.29, 1.82) is 0 Å².